The van der Waals surface area contributed by atoms with E-state index in [2.05, 4.69) is 48.5 Å². The van der Waals surface area contributed by atoms with Crippen molar-refractivity contribution in [2.45, 2.75) is 118 Å². The molecule has 0 heterocycles. The lowest BCUT2D eigenvalue weighted by atomic mass is 9.34. The van der Waals surface area contributed by atoms with Crippen molar-refractivity contribution < 1.29 is 20.4 Å². The standard InChI is InChI=1S/C29H52O4/c1-9-21(31)19-11-10-15(2)23-20(19)13-27(6)14-28(7)12-16(3)22(18(5)30)26(33)29(28,8)17(4)24(27)25(23)32/h15-26,30-33H,9-14H2,1-8H3. The van der Waals surface area contributed by atoms with Crippen LogP contribution in [0.25, 0.3) is 0 Å². The molecule has 4 aliphatic rings. The van der Waals surface area contributed by atoms with Crippen LogP contribution >= 0.6 is 0 Å². The third-order valence-corrected chi connectivity index (χ3v) is 12.4. The van der Waals surface area contributed by atoms with Crippen molar-refractivity contribution in [3.05, 3.63) is 0 Å². The predicted molar refractivity (Wildman–Crippen MR) is 132 cm³/mol. The van der Waals surface area contributed by atoms with Crippen molar-refractivity contribution in [2.24, 2.45) is 63.6 Å². The molecule has 0 radical (unpaired) electrons. The molecular weight excluding hydrogens is 412 g/mol. The van der Waals surface area contributed by atoms with Crippen LogP contribution in [-0.2, 0) is 0 Å². The lowest BCUT2D eigenvalue weighted by Gasteiger charge is -2.72. The Morgan fingerprint density at radius 1 is 0.939 bits per heavy atom. The summed E-state index contributed by atoms with van der Waals surface area (Å²) in [6.45, 7) is 17.7. The molecule has 192 valence electrons. The molecule has 4 aliphatic carbocycles. The summed E-state index contributed by atoms with van der Waals surface area (Å²) in [7, 11) is 0. The lowest BCUT2D eigenvalue weighted by molar-refractivity contribution is -0.280. The third kappa shape index (κ3) is 3.51. The van der Waals surface area contributed by atoms with Crippen molar-refractivity contribution in [3.8, 4) is 0 Å². The van der Waals surface area contributed by atoms with Crippen LogP contribution in [-0.4, -0.2) is 44.8 Å². The van der Waals surface area contributed by atoms with Gasteiger partial charge < -0.3 is 20.4 Å². The Morgan fingerprint density at radius 3 is 2.15 bits per heavy atom. The zero-order valence-electron chi connectivity index (χ0n) is 22.5. The first-order valence-corrected chi connectivity index (χ1v) is 14.0. The van der Waals surface area contributed by atoms with E-state index < -0.39 is 18.3 Å². The van der Waals surface area contributed by atoms with Gasteiger partial charge in [-0.05, 0) is 97.7 Å². The van der Waals surface area contributed by atoms with Crippen LogP contribution in [0.2, 0.25) is 0 Å². The topological polar surface area (TPSA) is 80.9 Å². The molecule has 0 amide bonds. The van der Waals surface area contributed by atoms with Crippen LogP contribution < -0.4 is 0 Å². The molecule has 4 nitrogen and oxygen atoms in total. The SMILES string of the molecule is CCC(O)C1CCC(C)C2C(O)C3C(C)C4(C)C(O)C(C(C)O)C(C)CC4(C)CC3(C)CC12. The van der Waals surface area contributed by atoms with Gasteiger partial charge in [-0.1, -0.05) is 48.5 Å². The Morgan fingerprint density at radius 2 is 1.58 bits per heavy atom. The summed E-state index contributed by atoms with van der Waals surface area (Å²) in [6, 6.07) is 0. The average molecular weight is 465 g/mol. The number of aliphatic hydroxyl groups excluding tert-OH is 4. The van der Waals surface area contributed by atoms with E-state index in [0.29, 0.717) is 11.8 Å². The molecule has 0 aromatic rings. The molecule has 0 saturated heterocycles. The minimum atomic E-state index is -0.575. The highest BCUT2D eigenvalue weighted by Crippen LogP contribution is 2.72. The fraction of sp³-hybridized carbons (Fsp3) is 1.00. The first-order chi connectivity index (χ1) is 15.2. The van der Waals surface area contributed by atoms with Crippen LogP contribution in [0, 0.1) is 63.6 Å². The summed E-state index contributed by atoms with van der Waals surface area (Å²) >= 11 is 0. The zero-order valence-corrected chi connectivity index (χ0v) is 22.5. The van der Waals surface area contributed by atoms with Gasteiger partial charge in [-0.3, -0.25) is 0 Å². The van der Waals surface area contributed by atoms with Crippen molar-refractivity contribution in [1.29, 1.82) is 0 Å². The van der Waals surface area contributed by atoms with Crippen LogP contribution in [0.1, 0.15) is 93.9 Å². The molecule has 0 bridgehead atoms. The van der Waals surface area contributed by atoms with Gasteiger partial charge in [0.15, 0.2) is 0 Å². The second-order valence-corrected chi connectivity index (χ2v) is 14.1. The predicted octanol–water partition coefficient (Wildman–Crippen LogP) is 4.87. The first kappa shape index (κ1) is 25.9. The van der Waals surface area contributed by atoms with Crippen LogP contribution in [0.3, 0.4) is 0 Å². The number of fused-ring (bicyclic) bond motifs is 3. The number of aliphatic hydroxyl groups is 4. The van der Waals surface area contributed by atoms with E-state index in [1.165, 1.54) is 0 Å². The Kier molecular flexibility index (Phi) is 6.64. The maximum absolute atomic E-state index is 12.1. The van der Waals surface area contributed by atoms with Crippen molar-refractivity contribution in [1.82, 2.24) is 0 Å². The molecule has 15 atom stereocenters. The van der Waals surface area contributed by atoms with Crippen LogP contribution in [0.5, 0.6) is 0 Å². The summed E-state index contributed by atoms with van der Waals surface area (Å²) in [5.41, 5.74) is -0.402. The van der Waals surface area contributed by atoms with Gasteiger partial charge in [-0.2, -0.15) is 0 Å². The van der Waals surface area contributed by atoms with E-state index >= 15 is 0 Å². The largest absolute Gasteiger partial charge is 0.393 e. The lowest BCUT2D eigenvalue weighted by Crippen LogP contribution is -2.70. The zero-order chi connectivity index (χ0) is 24.7. The van der Waals surface area contributed by atoms with Gasteiger partial charge in [0.2, 0.25) is 0 Å². The second kappa shape index (κ2) is 8.46. The Balaban J connectivity index is 1.77. The van der Waals surface area contributed by atoms with E-state index in [1.807, 2.05) is 6.92 Å². The summed E-state index contributed by atoms with van der Waals surface area (Å²) in [6.07, 6.45) is 4.24. The smallest absolute Gasteiger partial charge is 0.0656 e. The molecule has 33 heavy (non-hydrogen) atoms. The highest BCUT2D eigenvalue weighted by Gasteiger charge is 2.70. The Hall–Kier alpha value is -0.160. The van der Waals surface area contributed by atoms with Crippen LogP contribution in [0.4, 0.5) is 0 Å². The first-order valence-electron chi connectivity index (χ1n) is 14.0. The molecule has 4 N–H and O–H groups in total. The van der Waals surface area contributed by atoms with Gasteiger partial charge >= 0.3 is 0 Å². The Bertz CT molecular complexity index is 724. The molecule has 0 aromatic carbocycles. The molecular formula is C29H52O4. The summed E-state index contributed by atoms with van der Waals surface area (Å²) in [5, 5.41) is 45.4. The minimum absolute atomic E-state index is 0.00581. The number of rotatable bonds is 3. The monoisotopic (exact) mass is 464 g/mol. The number of hydrogen-bond acceptors (Lipinski definition) is 4. The maximum Gasteiger partial charge on any atom is 0.0656 e. The van der Waals surface area contributed by atoms with E-state index in [4.69, 9.17) is 0 Å². The molecule has 4 rings (SSSR count). The van der Waals surface area contributed by atoms with Crippen molar-refractivity contribution in [2.75, 3.05) is 0 Å². The van der Waals surface area contributed by atoms with Crippen molar-refractivity contribution >= 4 is 0 Å². The van der Waals surface area contributed by atoms with Crippen LogP contribution in [0.15, 0.2) is 0 Å². The quantitative estimate of drug-likeness (QED) is 0.480. The molecule has 0 aliphatic heterocycles. The minimum Gasteiger partial charge on any atom is -0.393 e. The Labute approximate surface area is 202 Å². The van der Waals surface area contributed by atoms with Gasteiger partial charge in [0, 0.05) is 11.3 Å². The number of hydrogen-bond donors (Lipinski definition) is 4. The summed E-state index contributed by atoms with van der Waals surface area (Å²) in [5.74, 6) is 1.78. The molecule has 4 fully saturated rings. The van der Waals surface area contributed by atoms with Gasteiger partial charge in [-0.25, -0.2) is 0 Å². The fourth-order valence-electron chi connectivity index (χ4n) is 10.9. The van der Waals surface area contributed by atoms with Gasteiger partial charge in [0.05, 0.1) is 24.4 Å². The molecule has 4 heteroatoms. The van der Waals surface area contributed by atoms with E-state index in [0.717, 1.165) is 38.5 Å². The second-order valence-electron chi connectivity index (χ2n) is 14.1. The fourth-order valence-corrected chi connectivity index (χ4v) is 10.9. The molecule has 15 unspecified atom stereocenters. The molecule has 0 spiro atoms. The van der Waals surface area contributed by atoms with Gasteiger partial charge in [0.1, 0.15) is 0 Å². The third-order valence-electron chi connectivity index (χ3n) is 12.4. The normalized spacial score (nSPS) is 58.5. The van der Waals surface area contributed by atoms with Crippen molar-refractivity contribution in [3.63, 3.8) is 0 Å². The molecule has 4 saturated carbocycles. The maximum atomic E-state index is 12.1. The summed E-state index contributed by atoms with van der Waals surface area (Å²) < 4.78 is 0. The molecule has 0 aromatic heterocycles. The average Bonchev–Trinajstić information content (AvgIpc) is 2.69. The van der Waals surface area contributed by atoms with E-state index in [9.17, 15) is 20.4 Å². The van der Waals surface area contributed by atoms with E-state index in [-0.39, 0.29) is 57.9 Å². The highest BCUT2D eigenvalue weighted by molar-refractivity contribution is 5.18. The summed E-state index contributed by atoms with van der Waals surface area (Å²) in [4.78, 5) is 0. The van der Waals surface area contributed by atoms with E-state index in [1.54, 1.807) is 0 Å². The van der Waals surface area contributed by atoms with Gasteiger partial charge in [-0.15, -0.1) is 0 Å². The van der Waals surface area contributed by atoms with Gasteiger partial charge in [0.25, 0.3) is 0 Å². The highest BCUT2D eigenvalue weighted by atomic mass is 16.3.